The molecule has 0 amide bonds. The van der Waals surface area contributed by atoms with Crippen LogP contribution in [-0.4, -0.2) is 34.3 Å². The number of phenolic OH excluding ortho intramolecular Hbond substituents is 1. The molecule has 0 unspecified atom stereocenters. The molecule has 0 saturated carbocycles. The Morgan fingerprint density at radius 3 is 2.32 bits per heavy atom. The fraction of sp³-hybridized carbons (Fsp3) is 0.182. The van der Waals surface area contributed by atoms with Crippen molar-refractivity contribution >= 4 is 23.2 Å². The summed E-state index contributed by atoms with van der Waals surface area (Å²) in [5.74, 6) is 0.184. The molecule has 0 bridgehead atoms. The predicted octanol–water partition coefficient (Wildman–Crippen LogP) is 1.99. The summed E-state index contributed by atoms with van der Waals surface area (Å²) in [5.41, 5.74) is 0.364. The third kappa shape index (κ3) is 3.14. The number of halogens is 1. The molecule has 0 radical (unpaired) electrons. The van der Waals surface area contributed by atoms with Crippen LogP contribution in [0.25, 0.3) is 0 Å². The summed E-state index contributed by atoms with van der Waals surface area (Å²) >= 11 is 5.85. The zero-order valence-corrected chi connectivity index (χ0v) is 11.0. The number of benzene rings is 1. The summed E-state index contributed by atoms with van der Waals surface area (Å²) in [4.78, 5) is 11.8. The van der Waals surface area contributed by atoms with Crippen LogP contribution in [0.5, 0.6) is 17.8 Å². The van der Waals surface area contributed by atoms with E-state index in [1.807, 2.05) is 0 Å². The van der Waals surface area contributed by atoms with E-state index < -0.39 is 0 Å². The predicted molar refractivity (Wildman–Crippen MR) is 69.3 cm³/mol. The van der Waals surface area contributed by atoms with Gasteiger partial charge in [-0.25, -0.2) is 0 Å². The molecule has 1 aromatic carbocycles. The Balaban J connectivity index is 2.34. The second kappa shape index (κ2) is 5.57. The van der Waals surface area contributed by atoms with Crippen LogP contribution in [0.15, 0.2) is 18.2 Å². The Morgan fingerprint density at radius 1 is 1.11 bits per heavy atom. The molecule has 2 rings (SSSR count). The van der Waals surface area contributed by atoms with Gasteiger partial charge in [-0.05, 0) is 18.2 Å². The fourth-order valence-corrected chi connectivity index (χ4v) is 1.48. The lowest BCUT2D eigenvalue weighted by molar-refractivity contribution is 0.341. The van der Waals surface area contributed by atoms with Gasteiger partial charge in [-0.1, -0.05) is 11.6 Å². The van der Waals surface area contributed by atoms with Crippen LogP contribution in [0.1, 0.15) is 0 Å². The minimum absolute atomic E-state index is 0.0164. The van der Waals surface area contributed by atoms with Gasteiger partial charge >= 0.3 is 12.0 Å². The zero-order chi connectivity index (χ0) is 13.8. The largest absolute Gasteiger partial charge is 0.506 e. The summed E-state index contributed by atoms with van der Waals surface area (Å²) < 4.78 is 9.84. The van der Waals surface area contributed by atoms with Gasteiger partial charge in [0.25, 0.3) is 0 Å². The van der Waals surface area contributed by atoms with Crippen LogP contribution in [0.2, 0.25) is 5.02 Å². The number of hydrogen-bond donors (Lipinski definition) is 2. The SMILES string of the molecule is COc1nc(Nc2cc(Cl)ccc2O)nc(OC)n1. The molecule has 100 valence electrons. The summed E-state index contributed by atoms with van der Waals surface area (Å²) in [7, 11) is 2.85. The number of nitrogens with one attached hydrogen (secondary N) is 1. The Bertz CT molecular complexity index is 572. The molecule has 0 spiro atoms. The monoisotopic (exact) mass is 282 g/mol. The van der Waals surface area contributed by atoms with Crippen molar-refractivity contribution in [2.75, 3.05) is 19.5 Å². The van der Waals surface area contributed by atoms with Gasteiger partial charge in [0.05, 0.1) is 19.9 Å². The van der Waals surface area contributed by atoms with E-state index in [0.717, 1.165) is 0 Å². The molecular weight excluding hydrogens is 272 g/mol. The molecule has 1 aromatic heterocycles. The highest BCUT2D eigenvalue weighted by Crippen LogP contribution is 2.29. The van der Waals surface area contributed by atoms with Crippen molar-refractivity contribution in [2.45, 2.75) is 0 Å². The highest BCUT2D eigenvalue weighted by molar-refractivity contribution is 6.30. The van der Waals surface area contributed by atoms with Crippen molar-refractivity contribution in [3.05, 3.63) is 23.2 Å². The number of aromatic nitrogens is 3. The van der Waals surface area contributed by atoms with Crippen molar-refractivity contribution in [1.29, 1.82) is 0 Å². The van der Waals surface area contributed by atoms with Crippen LogP contribution < -0.4 is 14.8 Å². The molecule has 0 saturated heterocycles. The topological polar surface area (TPSA) is 89.4 Å². The Morgan fingerprint density at radius 2 is 1.74 bits per heavy atom. The van der Waals surface area contributed by atoms with Gasteiger partial charge in [-0.15, -0.1) is 4.98 Å². The van der Waals surface area contributed by atoms with Gasteiger partial charge in [0.15, 0.2) is 0 Å². The number of hydrogen-bond acceptors (Lipinski definition) is 7. The summed E-state index contributed by atoms with van der Waals surface area (Å²) in [6, 6.07) is 4.75. The average Bonchev–Trinajstić information content (AvgIpc) is 2.42. The maximum absolute atomic E-state index is 9.69. The van der Waals surface area contributed by atoms with Crippen molar-refractivity contribution in [3.63, 3.8) is 0 Å². The highest BCUT2D eigenvalue weighted by Gasteiger charge is 2.09. The van der Waals surface area contributed by atoms with Crippen molar-refractivity contribution in [1.82, 2.24) is 15.0 Å². The minimum Gasteiger partial charge on any atom is -0.506 e. The van der Waals surface area contributed by atoms with E-state index in [9.17, 15) is 5.11 Å². The van der Waals surface area contributed by atoms with Crippen molar-refractivity contribution < 1.29 is 14.6 Å². The molecule has 0 aliphatic carbocycles. The van der Waals surface area contributed by atoms with Gasteiger partial charge in [0.1, 0.15) is 5.75 Å². The quantitative estimate of drug-likeness (QED) is 0.829. The van der Waals surface area contributed by atoms with E-state index in [1.54, 1.807) is 12.1 Å². The molecule has 2 aromatic rings. The molecule has 1 heterocycles. The number of methoxy groups -OCH3 is 2. The lowest BCUT2D eigenvalue weighted by Gasteiger charge is -2.09. The number of anilines is 2. The summed E-state index contributed by atoms with van der Waals surface area (Å²) in [5, 5.41) is 13.0. The first-order valence-corrected chi connectivity index (χ1v) is 5.59. The average molecular weight is 283 g/mol. The maximum Gasteiger partial charge on any atom is 0.324 e. The van der Waals surface area contributed by atoms with Crippen molar-refractivity contribution in [2.24, 2.45) is 0 Å². The summed E-state index contributed by atoms with van der Waals surface area (Å²) in [6.07, 6.45) is 0. The normalized spacial score (nSPS) is 10.1. The summed E-state index contributed by atoms with van der Waals surface area (Å²) in [6.45, 7) is 0. The molecule has 0 aliphatic rings. The van der Waals surface area contributed by atoms with Gasteiger partial charge in [0.2, 0.25) is 5.95 Å². The van der Waals surface area contributed by atoms with Crippen molar-refractivity contribution in [3.8, 4) is 17.8 Å². The number of nitrogens with zero attached hydrogens (tertiary/aromatic N) is 3. The van der Waals surface area contributed by atoms with Gasteiger partial charge in [-0.3, -0.25) is 0 Å². The van der Waals surface area contributed by atoms with Gasteiger partial charge in [-0.2, -0.15) is 9.97 Å². The van der Waals surface area contributed by atoms with E-state index in [4.69, 9.17) is 21.1 Å². The number of ether oxygens (including phenoxy) is 2. The zero-order valence-electron chi connectivity index (χ0n) is 10.2. The maximum atomic E-state index is 9.69. The van der Waals surface area contributed by atoms with Gasteiger partial charge < -0.3 is 19.9 Å². The second-order valence-electron chi connectivity index (χ2n) is 3.42. The van der Waals surface area contributed by atoms with E-state index >= 15 is 0 Å². The number of rotatable bonds is 4. The van der Waals surface area contributed by atoms with E-state index in [-0.39, 0.29) is 23.7 Å². The lowest BCUT2D eigenvalue weighted by Crippen LogP contribution is -2.03. The van der Waals surface area contributed by atoms with E-state index in [0.29, 0.717) is 10.7 Å². The molecule has 0 aliphatic heterocycles. The minimum atomic E-state index is 0.0164. The van der Waals surface area contributed by atoms with Crippen LogP contribution in [0.3, 0.4) is 0 Å². The molecule has 7 nitrogen and oxygen atoms in total. The Labute approximate surface area is 114 Å². The molecule has 19 heavy (non-hydrogen) atoms. The third-order valence-electron chi connectivity index (χ3n) is 2.16. The smallest absolute Gasteiger partial charge is 0.324 e. The Hall–Kier alpha value is -2.28. The lowest BCUT2D eigenvalue weighted by atomic mass is 10.3. The Kier molecular flexibility index (Phi) is 3.86. The second-order valence-corrected chi connectivity index (χ2v) is 3.86. The van der Waals surface area contributed by atoms with Gasteiger partial charge in [0, 0.05) is 5.02 Å². The van der Waals surface area contributed by atoms with E-state index in [1.165, 1.54) is 20.3 Å². The molecule has 0 atom stereocenters. The van der Waals surface area contributed by atoms with Crippen LogP contribution in [0.4, 0.5) is 11.6 Å². The fourth-order valence-electron chi connectivity index (χ4n) is 1.31. The molecule has 0 fully saturated rings. The number of aromatic hydroxyl groups is 1. The van der Waals surface area contributed by atoms with Crippen LogP contribution in [0, 0.1) is 0 Å². The first kappa shape index (κ1) is 13.2. The first-order chi connectivity index (χ1) is 9.12. The standard InChI is InChI=1S/C11H11ClN4O3/c1-18-10-14-9(15-11(16-10)19-2)13-7-5-6(12)3-4-8(7)17/h3-5,17H,1-2H3,(H,13,14,15,16). The van der Waals surface area contributed by atoms with Crippen LogP contribution in [-0.2, 0) is 0 Å². The third-order valence-corrected chi connectivity index (χ3v) is 2.40. The van der Waals surface area contributed by atoms with Crippen LogP contribution >= 0.6 is 11.6 Å². The number of phenols is 1. The molecular formula is C11H11ClN4O3. The molecule has 8 heteroatoms. The molecule has 2 N–H and O–H groups in total. The highest BCUT2D eigenvalue weighted by atomic mass is 35.5. The first-order valence-electron chi connectivity index (χ1n) is 5.22. The van der Waals surface area contributed by atoms with E-state index in [2.05, 4.69) is 20.3 Å².